The number of likely N-dealkylation sites (tertiary alicyclic amines) is 1. The number of hydrogen-bond acceptors (Lipinski definition) is 3. The molecule has 1 aromatic carbocycles. The lowest BCUT2D eigenvalue weighted by atomic mass is 10.1. The fourth-order valence-electron chi connectivity index (χ4n) is 3.06. The molecule has 0 saturated carbocycles. The van der Waals surface area contributed by atoms with Crippen LogP contribution >= 0.6 is 27.5 Å². The number of aryl methyl sites for hydroxylation is 1. The van der Waals surface area contributed by atoms with E-state index in [0.717, 1.165) is 41.5 Å². The number of nitrogens with zero attached hydrogens (tertiary/aromatic N) is 1. The van der Waals surface area contributed by atoms with Crippen LogP contribution in [0.5, 0.6) is 0 Å². The molecule has 1 atom stereocenters. The van der Waals surface area contributed by atoms with Gasteiger partial charge in [-0.25, -0.2) is 0 Å². The molecule has 0 unspecified atom stereocenters. The summed E-state index contributed by atoms with van der Waals surface area (Å²) in [6.07, 6.45) is 1.03. The molecule has 1 amide bonds. The predicted molar refractivity (Wildman–Crippen MR) is 91.6 cm³/mol. The highest BCUT2D eigenvalue weighted by Gasteiger charge is 2.30. The summed E-state index contributed by atoms with van der Waals surface area (Å²) in [5.41, 5.74) is 1.52. The summed E-state index contributed by atoms with van der Waals surface area (Å²) in [5, 5.41) is 4.68. The highest BCUT2D eigenvalue weighted by molar-refractivity contribution is 9.10. The van der Waals surface area contributed by atoms with Gasteiger partial charge in [-0.2, -0.15) is 0 Å². The second-order valence-corrected chi connectivity index (χ2v) is 7.07. The molecule has 1 aliphatic rings. The number of rotatable bonds is 3. The Morgan fingerprint density at radius 2 is 2.32 bits per heavy atom. The number of furan rings is 1. The Bertz CT molecular complexity index is 728. The second kappa shape index (κ2) is 6.22. The number of benzene rings is 1. The molecule has 1 N–H and O–H groups in total. The zero-order chi connectivity index (χ0) is 15.9. The first-order chi connectivity index (χ1) is 10.5. The van der Waals surface area contributed by atoms with Crippen LogP contribution in [0.25, 0.3) is 11.0 Å². The molecule has 3 rings (SSSR count). The molecule has 0 bridgehead atoms. The maximum Gasteiger partial charge on any atom is 0.289 e. The maximum atomic E-state index is 12.7. The van der Waals surface area contributed by atoms with Crippen LogP contribution in [0.15, 0.2) is 21.0 Å². The SMILES string of the molecule is CNC[C@H]1CCN(C(=O)c2oc3c(Br)cc(Cl)cc3c2C)C1. The van der Waals surface area contributed by atoms with Gasteiger partial charge in [0.25, 0.3) is 5.91 Å². The highest BCUT2D eigenvalue weighted by atomic mass is 79.9. The molecule has 1 aromatic heterocycles. The van der Waals surface area contributed by atoms with E-state index in [2.05, 4.69) is 21.2 Å². The first-order valence-corrected chi connectivity index (χ1v) is 8.50. The van der Waals surface area contributed by atoms with E-state index < -0.39 is 0 Å². The van der Waals surface area contributed by atoms with Gasteiger partial charge in [-0.05, 0) is 60.9 Å². The number of amides is 1. The number of carbonyl (C=O) groups excluding carboxylic acids is 1. The van der Waals surface area contributed by atoms with Crippen molar-refractivity contribution in [2.24, 2.45) is 5.92 Å². The van der Waals surface area contributed by atoms with Crippen molar-refractivity contribution >= 4 is 44.4 Å². The minimum absolute atomic E-state index is 0.0321. The predicted octanol–water partition coefficient (Wildman–Crippen LogP) is 3.84. The molecule has 0 radical (unpaired) electrons. The molecule has 2 heterocycles. The Hall–Kier alpha value is -1.04. The molecule has 1 saturated heterocycles. The molecule has 6 heteroatoms. The topological polar surface area (TPSA) is 45.5 Å². The zero-order valence-corrected chi connectivity index (χ0v) is 14.9. The normalized spacial score (nSPS) is 18.4. The number of hydrogen-bond donors (Lipinski definition) is 1. The molecular formula is C16H18BrClN2O2. The van der Waals surface area contributed by atoms with Crippen molar-refractivity contribution < 1.29 is 9.21 Å². The lowest BCUT2D eigenvalue weighted by molar-refractivity contribution is 0.0757. The molecule has 1 fully saturated rings. The summed E-state index contributed by atoms with van der Waals surface area (Å²) >= 11 is 9.54. The van der Waals surface area contributed by atoms with Gasteiger partial charge in [-0.15, -0.1) is 0 Å². The van der Waals surface area contributed by atoms with Gasteiger partial charge >= 0.3 is 0 Å². The van der Waals surface area contributed by atoms with E-state index in [1.54, 1.807) is 6.07 Å². The summed E-state index contributed by atoms with van der Waals surface area (Å²) in [7, 11) is 1.94. The van der Waals surface area contributed by atoms with Crippen LogP contribution in [-0.4, -0.2) is 37.5 Å². The largest absolute Gasteiger partial charge is 0.449 e. The van der Waals surface area contributed by atoms with E-state index in [1.807, 2.05) is 24.9 Å². The van der Waals surface area contributed by atoms with Crippen molar-refractivity contribution in [2.45, 2.75) is 13.3 Å². The van der Waals surface area contributed by atoms with Gasteiger partial charge in [0.2, 0.25) is 0 Å². The Morgan fingerprint density at radius 1 is 1.55 bits per heavy atom. The number of fused-ring (bicyclic) bond motifs is 1. The van der Waals surface area contributed by atoms with Gasteiger partial charge in [-0.3, -0.25) is 4.79 Å². The Labute approximate surface area is 142 Å². The third-order valence-electron chi connectivity index (χ3n) is 4.22. The molecule has 0 spiro atoms. The number of carbonyl (C=O) groups is 1. The van der Waals surface area contributed by atoms with E-state index in [9.17, 15) is 4.79 Å². The molecule has 22 heavy (non-hydrogen) atoms. The average Bonchev–Trinajstić information content (AvgIpc) is 3.05. The minimum Gasteiger partial charge on any atom is -0.449 e. The zero-order valence-electron chi connectivity index (χ0n) is 12.6. The smallest absolute Gasteiger partial charge is 0.289 e. The van der Waals surface area contributed by atoms with E-state index in [4.69, 9.17) is 16.0 Å². The number of nitrogens with one attached hydrogen (secondary N) is 1. The highest BCUT2D eigenvalue weighted by Crippen LogP contribution is 2.35. The molecule has 1 aliphatic heterocycles. The van der Waals surface area contributed by atoms with Gasteiger partial charge in [0.15, 0.2) is 5.76 Å². The van der Waals surface area contributed by atoms with Crippen LogP contribution in [-0.2, 0) is 0 Å². The van der Waals surface area contributed by atoms with Crippen molar-refractivity contribution in [1.29, 1.82) is 0 Å². The molecular weight excluding hydrogens is 368 g/mol. The van der Waals surface area contributed by atoms with E-state index in [1.165, 1.54) is 0 Å². The molecule has 0 aliphatic carbocycles. The summed E-state index contributed by atoms with van der Waals surface area (Å²) in [4.78, 5) is 14.6. The molecule has 118 valence electrons. The lowest BCUT2D eigenvalue weighted by Crippen LogP contribution is -2.30. The summed E-state index contributed by atoms with van der Waals surface area (Å²) in [5.74, 6) is 0.901. The fourth-order valence-corrected chi connectivity index (χ4v) is 3.95. The Morgan fingerprint density at radius 3 is 3.05 bits per heavy atom. The van der Waals surface area contributed by atoms with Gasteiger partial charge in [-0.1, -0.05) is 11.6 Å². The quantitative estimate of drug-likeness (QED) is 0.873. The van der Waals surface area contributed by atoms with Crippen molar-refractivity contribution in [3.63, 3.8) is 0 Å². The molecule has 4 nitrogen and oxygen atoms in total. The van der Waals surface area contributed by atoms with Crippen LogP contribution in [0.1, 0.15) is 22.5 Å². The van der Waals surface area contributed by atoms with E-state index >= 15 is 0 Å². The van der Waals surface area contributed by atoms with Gasteiger partial charge < -0.3 is 14.6 Å². The second-order valence-electron chi connectivity index (χ2n) is 5.78. The van der Waals surface area contributed by atoms with Crippen molar-refractivity contribution in [1.82, 2.24) is 10.2 Å². The standard InChI is InChI=1S/C16H18BrClN2O2/c1-9-12-5-11(18)6-13(17)15(12)22-14(9)16(21)20-4-3-10(8-20)7-19-2/h5-6,10,19H,3-4,7-8H2,1-2H3/t10-/m1/s1. The minimum atomic E-state index is -0.0321. The third-order valence-corrected chi connectivity index (χ3v) is 5.02. The van der Waals surface area contributed by atoms with Gasteiger partial charge in [0.05, 0.1) is 4.47 Å². The Kier molecular flexibility index (Phi) is 4.48. The summed E-state index contributed by atoms with van der Waals surface area (Å²) < 4.78 is 6.61. The van der Waals surface area contributed by atoms with Crippen LogP contribution in [0.4, 0.5) is 0 Å². The van der Waals surface area contributed by atoms with Gasteiger partial charge in [0.1, 0.15) is 5.58 Å². The molecule has 2 aromatic rings. The first-order valence-electron chi connectivity index (χ1n) is 7.33. The van der Waals surface area contributed by atoms with Crippen LogP contribution in [0.2, 0.25) is 5.02 Å². The summed E-state index contributed by atoms with van der Waals surface area (Å²) in [6.45, 7) is 4.40. The van der Waals surface area contributed by atoms with Gasteiger partial charge in [0, 0.05) is 29.1 Å². The maximum absolute atomic E-state index is 12.7. The summed E-state index contributed by atoms with van der Waals surface area (Å²) in [6, 6.07) is 3.62. The van der Waals surface area contributed by atoms with E-state index in [0.29, 0.717) is 22.3 Å². The van der Waals surface area contributed by atoms with Crippen molar-refractivity contribution in [3.8, 4) is 0 Å². The van der Waals surface area contributed by atoms with Crippen LogP contribution < -0.4 is 5.32 Å². The van der Waals surface area contributed by atoms with E-state index in [-0.39, 0.29) is 5.91 Å². The van der Waals surface area contributed by atoms with Crippen LogP contribution in [0.3, 0.4) is 0 Å². The fraction of sp³-hybridized carbons (Fsp3) is 0.438. The number of halogens is 2. The average molecular weight is 386 g/mol. The first kappa shape index (κ1) is 15.8. The van der Waals surface area contributed by atoms with Crippen molar-refractivity contribution in [3.05, 3.63) is 33.0 Å². The monoisotopic (exact) mass is 384 g/mol. The lowest BCUT2D eigenvalue weighted by Gasteiger charge is -2.15. The Balaban J connectivity index is 1.92. The van der Waals surface area contributed by atoms with Crippen LogP contribution in [0, 0.1) is 12.8 Å². The van der Waals surface area contributed by atoms with Crippen molar-refractivity contribution in [2.75, 3.05) is 26.7 Å². The third kappa shape index (κ3) is 2.77.